The molecule has 5 nitrogen and oxygen atoms in total. The van der Waals surface area contributed by atoms with E-state index < -0.39 is 42.7 Å². The van der Waals surface area contributed by atoms with Crippen molar-refractivity contribution in [3.63, 3.8) is 0 Å². The summed E-state index contributed by atoms with van der Waals surface area (Å²) in [6.07, 6.45) is -3.88. The molecule has 4 rings (SSSR count). The predicted octanol–water partition coefficient (Wildman–Crippen LogP) is 6.10. The van der Waals surface area contributed by atoms with Crippen LogP contribution in [-0.2, 0) is 15.8 Å². The van der Waals surface area contributed by atoms with Gasteiger partial charge in [0, 0.05) is 24.2 Å². The highest BCUT2D eigenvalue weighted by Gasteiger charge is 2.50. The number of ether oxygens (including phenoxy) is 1. The van der Waals surface area contributed by atoms with Gasteiger partial charge in [-0.2, -0.15) is 0 Å². The molecule has 220 valence electrons. The lowest BCUT2D eigenvalue weighted by Crippen LogP contribution is -2.66. The summed E-state index contributed by atoms with van der Waals surface area (Å²) in [5.41, 5.74) is -1.95. The third kappa shape index (κ3) is 6.05. The summed E-state index contributed by atoms with van der Waals surface area (Å²) in [6, 6.07) is 20.7. The van der Waals surface area contributed by atoms with E-state index in [1.54, 1.807) is 4.90 Å². The van der Waals surface area contributed by atoms with Gasteiger partial charge in [-0.05, 0) is 35.3 Å². The molecule has 1 aliphatic heterocycles. The number of rotatable bonds is 8. The summed E-state index contributed by atoms with van der Waals surface area (Å²) in [7, 11) is -3.12. The van der Waals surface area contributed by atoms with Crippen molar-refractivity contribution in [1.82, 2.24) is 0 Å². The van der Waals surface area contributed by atoms with Crippen molar-refractivity contribution in [2.75, 3.05) is 18.0 Å². The molecule has 0 amide bonds. The van der Waals surface area contributed by atoms with Crippen molar-refractivity contribution in [3.8, 4) is 0 Å². The Morgan fingerprint density at radius 2 is 1.49 bits per heavy atom. The summed E-state index contributed by atoms with van der Waals surface area (Å²) in [5, 5.41) is 13.4. The number of oxime groups is 1. The van der Waals surface area contributed by atoms with E-state index in [1.807, 2.05) is 74.5 Å². The molecule has 10 heteroatoms. The van der Waals surface area contributed by atoms with Crippen LogP contribution in [0.3, 0.4) is 0 Å². The maximum atomic E-state index is 15.9. The molecular formula is C31H36F4N2O3Si. The van der Waals surface area contributed by atoms with E-state index in [0.717, 1.165) is 16.4 Å². The summed E-state index contributed by atoms with van der Waals surface area (Å²) in [4.78, 5) is 1.67. The maximum Gasteiger partial charge on any atom is 0.284 e. The van der Waals surface area contributed by atoms with E-state index in [-0.39, 0.29) is 43.2 Å². The Bertz CT molecular complexity index is 1320. The smallest absolute Gasteiger partial charge is 0.284 e. The largest absolute Gasteiger partial charge is 0.410 e. The van der Waals surface area contributed by atoms with Crippen LogP contribution in [0.1, 0.15) is 45.7 Å². The van der Waals surface area contributed by atoms with Crippen LogP contribution in [0.25, 0.3) is 0 Å². The number of morpholine rings is 1. The molecule has 1 N–H and O–H groups in total. The van der Waals surface area contributed by atoms with E-state index in [1.165, 1.54) is 0 Å². The molecule has 3 aromatic rings. The number of hydrogen-bond acceptors (Lipinski definition) is 5. The number of alkyl halides is 2. The van der Waals surface area contributed by atoms with Crippen LogP contribution in [0.5, 0.6) is 0 Å². The fourth-order valence-corrected chi connectivity index (χ4v) is 10.4. The molecule has 1 heterocycles. The number of hydrogen-bond donors (Lipinski definition) is 1. The molecule has 0 bridgehead atoms. The van der Waals surface area contributed by atoms with Crippen LogP contribution in [0.2, 0.25) is 5.04 Å². The van der Waals surface area contributed by atoms with Crippen LogP contribution < -0.4 is 15.3 Å². The molecule has 0 aliphatic carbocycles. The standard InChI is InChI=1S/C31H36F4N2O3Si/c1-20-17-37(18-21(2)40-20)29-22(16-25(26(32)27(29)33)28(36-38)30(34)35)19-39-41(31(3,4)5,23-12-8-6-9-13-23)24-14-10-7-11-15-24/h6-16,20-21,30,38H,17-19H2,1-5H3/b36-28-/t20-,21-/m1/s1. The highest BCUT2D eigenvalue weighted by Crippen LogP contribution is 2.39. The first kappa shape index (κ1) is 30.7. The van der Waals surface area contributed by atoms with E-state index in [0.29, 0.717) is 0 Å². The Kier molecular flexibility index (Phi) is 9.25. The molecule has 1 aliphatic rings. The highest BCUT2D eigenvalue weighted by atomic mass is 28.4. The third-order valence-electron chi connectivity index (χ3n) is 7.45. The van der Waals surface area contributed by atoms with E-state index in [4.69, 9.17) is 9.16 Å². The number of anilines is 1. The summed E-state index contributed by atoms with van der Waals surface area (Å²) in [6.45, 7) is 10.2. The summed E-state index contributed by atoms with van der Waals surface area (Å²) < 4.78 is 71.6. The van der Waals surface area contributed by atoms with E-state index in [9.17, 15) is 14.0 Å². The minimum absolute atomic E-state index is 0.0715. The Labute approximate surface area is 239 Å². The Hall–Kier alpha value is -3.21. The maximum absolute atomic E-state index is 15.9. The van der Waals surface area contributed by atoms with Crippen molar-refractivity contribution in [2.45, 2.75) is 64.9 Å². The van der Waals surface area contributed by atoms with Crippen LogP contribution >= 0.6 is 0 Å². The van der Waals surface area contributed by atoms with Gasteiger partial charge in [-0.1, -0.05) is 86.6 Å². The zero-order valence-corrected chi connectivity index (χ0v) is 24.9. The molecule has 0 radical (unpaired) electrons. The molecule has 1 fully saturated rings. The van der Waals surface area contributed by atoms with Crippen molar-refractivity contribution in [3.05, 3.63) is 89.5 Å². The Morgan fingerprint density at radius 1 is 0.976 bits per heavy atom. The lowest BCUT2D eigenvalue weighted by Gasteiger charge is -2.43. The second-order valence-corrected chi connectivity index (χ2v) is 15.8. The molecule has 41 heavy (non-hydrogen) atoms. The molecule has 0 saturated carbocycles. The normalized spacial score (nSPS) is 18.7. The molecule has 0 spiro atoms. The van der Waals surface area contributed by atoms with Gasteiger partial charge in [0.1, 0.15) is 0 Å². The fourth-order valence-electron chi connectivity index (χ4n) is 5.83. The second-order valence-electron chi connectivity index (χ2n) is 11.5. The number of benzene rings is 3. The van der Waals surface area contributed by atoms with Crippen LogP contribution in [-0.4, -0.2) is 51.0 Å². The second kappa shape index (κ2) is 12.3. The first-order valence-corrected chi connectivity index (χ1v) is 15.5. The summed E-state index contributed by atoms with van der Waals surface area (Å²) in [5.74, 6) is -2.80. The Morgan fingerprint density at radius 3 is 1.93 bits per heavy atom. The zero-order valence-electron chi connectivity index (χ0n) is 23.9. The molecule has 3 aromatic carbocycles. The van der Waals surface area contributed by atoms with Gasteiger partial charge >= 0.3 is 0 Å². The number of halogens is 4. The highest BCUT2D eigenvalue weighted by molar-refractivity contribution is 6.99. The molecule has 0 unspecified atom stereocenters. The zero-order chi connectivity index (χ0) is 29.9. The van der Waals surface area contributed by atoms with Gasteiger partial charge in [-0.15, -0.1) is 0 Å². The van der Waals surface area contributed by atoms with Gasteiger partial charge < -0.3 is 19.3 Å². The van der Waals surface area contributed by atoms with Crippen molar-refractivity contribution < 1.29 is 31.9 Å². The summed E-state index contributed by atoms with van der Waals surface area (Å²) >= 11 is 0. The SMILES string of the molecule is C[C@@H]1CN(c2c(CO[Si](c3ccccc3)(c3ccccc3)C(C)(C)C)cc(/C(=N/O)C(F)F)c(F)c2F)C[C@@H](C)O1. The van der Waals surface area contributed by atoms with Crippen LogP contribution in [0.4, 0.5) is 23.2 Å². The average molecular weight is 589 g/mol. The van der Waals surface area contributed by atoms with Gasteiger partial charge in [-0.25, -0.2) is 17.6 Å². The van der Waals surface area contributed by atoms with Gasteiger partial charge in [0.25, 0.3) is 14.7 Å². The predicted molar refractivity (Wildman–Crippen MR) is 155 cm³/mol. The third-order valence-corrected chi connectivity index (χ3v) is 12.4. The van der Waals surface area contributed by atoms with Crippen molar-refractivity contribution in [2.24, 2.45) is 5.16 Å². The van der Waals surface area contributed by atoms with Gasteiger partial charge in [-0.3, -0.25) is 0 Å². The van der Waals surface area contributed by atoms with Gasteiger partial charge in [0.05, 0.1) is 24.5 Å². The van der Waals surface area contributed by atoms with E-state index in [2.05, 4.69) is 25.9 Å². The van der Waals surface area contributed by atoms with Crippen LogP contribution in [0, 0.1) is 11.6 Å². The van der Waals surface area contributed by atoms with Crippen molar-refractivity contribution in [1.29, 1.82) is 0 Å². The first-order valence-electron chi connectivity index (χ1n) is 13.6. The first-order chi connectivity index (χ1) is 19.4. The minimum Gasteiger partial charge on any atom is -0.410 e. The number of nitrogens with zero attached hydrogens (tertiary/aromatic N) is 2. The van der Waals surface area contributed by atoms with Crippen molar-refractivity contribution >= 4 is 30.1 Å². The topological polar surface area (TPSA) is 54.3 Å². The fraction of sp³-hybridized carbons (Fsp3) is 0.387. The monoisotopic (exact) mass is 588 g/mol. The molecule has 2 atom stereocenters. The molecule has 0 aromatic heterocycles. The Balaban J connectivity index is 1.93. The minimum atomic E-state index is -3.33. The lowest BCUT2D eigenvalue weighted by molar-refractivity contribution is -0.00553. The molecule has 1 saturated heterocycles. The van der Waals surface area contributed by atoms with E-state index >= 15 is 8.78 Å². The van der Waals surface area contributed by atoms with Gasteiger partial charge in [0.2, 0.25) is 0 Å². The van der Waals surface area contributed by atoms with Gasteiger partial charge in [0.15, 0.2) is 17.3 Å². The van der Waals surface area contributed by atoms with Crippen LogP contribution in [0.15, 0.2) is 71.9 Å². The quantitative estimate of drug-likeness (QED) is 0.114. The molecular weight excluding hydrogens is 552 g/mol. The lowest BCUT2D eigenvalue weighted by atomic mass is 10.0. The average Bonchev–Trinajstić information content (AvgIpc) is 2.91.